The number of alkyl halides is 6. The number of carbonyl (C=O) groups excluding carboxylic acids is 1. The predicted molar refractivity (Wildman–Crippen MR) is 132 cm³/mol. The molecule has 1 amide bonds. The Kier molecular flexibility index (Phi) is 10.6. The first kappa shape index (κ1) is 32.3. The number of carbonyl (C=O) groups is 1. The lowest BCUT2D eigenvalue weighted by atomic mass is 10.0. The predicted octanol–water partition coefficient (Wildman–Crippen LogP) is 7.88. The molecule has 2 aromatic rings. The summed E-state index contributed by atoms with van der Waals surface area (Å²) in [6, 6.07) is 17.5. The molecule has 2 aromatic carbocycles. The minimum atomic E-state index is -4.57. The summed E-state index contributed by atoms with van der Waals surface area (Å²) in [7, 11) is 0. The maximum Gasteiger partial charge on any atom is 0.411 e. The molecule has 0 fully saturated rings. The molecule has 208 valence electrons. The molecule has 0 saturated heterocycles. The van der Waals surface area contributed by atoms with Crippen LogP contribution >= 0.6 is 0 Å². The lowest BCUT2D eigenvalue weighted by Gasteiger charge is -2.40. The van der Waals surface area contributed by atoms with Crippen molar-refractivity contribution < 1.29 is 35.9 Å². The Labute approximate surface area is 215 Å². The molecule has 0 atom stereocenters. The van der Waals surface area contributed by atoms with Gasteiger partial charge in [0.15, 0.2) is 0 Å². The second kappa shape index (κ2) is 12.2. The van der Waals surface area contributed by atoms with E-state index in [1.54, 1.807) is 75.4 Å². The fourth-order valence-corrected chi connectivity index (χ4v) is 2.75. The maximum absolute atomic E-state index is 13.3. The summed E-state index contributed by atoms with van der Waals surface area (Å²) in [5, 5.41) is 2.49. The zero-order valence-corrected chi connectivity index (χ0v) is 22.2. The molecule has 0 heterocycles. The van der Waals surface area contributed by atoms with Gasteiger partial charge in [-0.25, -0.2) is 4.79 Å². The molecule has 0 aliphatic heterocycles. The summed E-state index contributed by atoms with van der Waals surface area (Å²) in [6.45, 7) is 9.10. The summed E-state index contributed by atoms with van der Waals surface area (Å²) in [5.41, 5.74) is -3.62. The maximum atomic E-state index is 13.3. The Morgan fingerprint density at radius 1 is 0.730 bits per heavy atom. The second-order valence-corrected chi connectivity index (χ2v) is 10.6. The molecule has 2 rings (SSSR count). The smallest absolute Gasteiger partial charge is 0.411 e. The topological polar surface area (TPSA) is 41.6 Å². The molecule has 0 aliphatic carbocycles. The minimum Gasteiger partial charge on any atom is -0.444 e. The normalized spacial score (nSPS) is 12.9. The molecule has 4 nitrogen and oxygen atoms in total. The molecular weight excluding hydrogens is 498 g/mol. The van der Waals surface area contributed by atoms with Crippen molar-refractivity contribution in [3.05, 3.63) is 71.8 Å². The zero-order valence-electron chi connectivity index (χ0n) is 22.2. The molecule has 10 heteroatoms. The highest BCUT2D eigenvalue weighted by Gasteiger charge is 2.54. The lowest BCUT2D eigenvalue weighted by Crippen LogP contribution is -2.57. The van der Waals surface area contributed by atoms with Gasteiger partial charge in [0.1, 0.15) is 16.7 Å². The Bertz CT molecular complexity index is 966. The summed E-state index contributed by atoms with van der Waals surface area (Å²) in [6.07, 6.45) is -9.79. The van der Waals surface area contributed by atoms with Gasteiger partial charge in [-0.15, -0.1) is 0 Å². The number of halogens is 6. The van der Waals surface area contributed by atoms with Crippen LogP contribution in [0.2, 0.25) is 0 Å². The van der Waals surface area contributed by atoms with Crippen molar-refractivity contribution >= 4 is 6.09 Å². The van der Waals surface area contributed by atoms with E-state index in [0.29, 0.717) is 10.5 Å². The van der Waals surface area contributed by atoms with Crippen molar-refractivity contribution in [3.63, 3.8) is 0 Å². The number of nitrogens with zero attached hydrogens (tertiary/aromatic N) is 1. The Balaban J connectivity index is 0.000000397. The highest BCUT2D eigenvalue weighted by atomic mass is 19.4. The fourth-order valence-electron chi connectivity index (χ4n) is 2.75. The average Bonchev–Trinajstić information content (AvgIpc) is 2.75. The van der Waals surface area contributed by atoms with Gasteiger partial charge in [0.05, 0.1) is 0 Å². The van der Waals surface area contributed by atoms with Crippen LogP contribution in [-0.4, -0.2) is 40.0 Å². The molecule has 0 radical (unpaired) electrons. The summed E-state index contributed by atoms with van der Waals surface area (Å²) < 4.78 is 82.6. The first-order valence-electron chi connectivity index (χ1n) is 11.6. The van der Waals surface area contributed by atoms with E-state index in [-0.39, 0.29) is 13.1 Å². The van der Waals surface area contributed by atoms with E-state index in [4.69, 9.17) is 4.74 Å². The van der Waals surface area contributed by atoms with Gasteiger partial charge in [-0.3, -0.25) is 10.2 Å². The SMILES string of the molecule is CC(C)(C)OC(=O)N(Cc1ccccc1)C(C)(C)C(F)(F)F.CC(C)(NCc1ccccc1)C(F)(F)F. The van der Waals surface area contributed by atoms with Gasteiger partial charge in [-0.2, -0.15) is 26.3 Å². The number of nitrogens with one attached hydrogen (secondary N) is 1. The zero-order chi connectivity index (χ0) is 28.7. The monoisotopic (exact) mass is 534 g/mol. The van der Waals surface area contributed by atoms with Crippen LogP contribution in [0.15, 0.2) is 60.7 Å². The van der Waals surface area contributed by atoms with Crippen LogP contribution in [0.3, 0.4) is 0 Å². The molecule has 37 heavy (non-hydrogen) atoms. The van der Waals surface area contributed by atoms with Gasteiger partial charge in [0, 0.05) is 13.1 Å². The van der Waals surface area contributed by atoms with E-state index in [1.165, 1.54) is 0 Å². The van der Waals surface area contributed by atoms with Crippen LogP contribution < -0.4 is 5.32 Å². The summed E-state index contributed by atoms with van der Waals surface area (Å²) >= 11 is 0. The standard InChI is InChI=1S/C16H22F3NO2.C11H14F3N/c1-14(2,3)22-13(21)20(15(4,5)16(17,18)19)11-12-9-7-6-8-10-12;1-10(2,11(12,13)14)15-8-9-6-4-3-5-7-9/h6-10H,11H2,1-5H3;3-7,15H,8H2,1-2H3. The highest BCUT2D eigenvalue weighted by molar-refractivity contribution is 5.69. The van der Waals surface area contributed by atoms with E-state index in [0.717, 1.165) is 33.3 Å². The van der Waals surface area contributed by atoms with Crippen LogP contribution in [-0.2, 0) is 17.8 Å². The van der Waals surface area contributed by atoms with Gasteiger partial charge < -0.3 is 4.74 Å². The molecule has 0 unspecified atom stereocenters. The third-order valence-corrected chi connectivity index (χ3v) is 5.45. The molecular formula is C27H36F6N2O2. The molecule has 0 bridgehead atoms. The van der Waals surface area contributed by atoms with E-state index >= 15 is 0 Å². The van der Waals surface area contributed by atoms with Crippen molar-refractivity contribution in [2.75, 3.05) is 0 Å². The number of hydrogen-bond acceptors (Lipinski definition) is 3. The number of hydrogen-bond donors (Lipinski definition) is 1. The largest absolute Gasteiger partial charge is 0.444 e. The van der Waals surface area contributed by atoms with Crippen LogP contribution in [0.25, 0.3) is 0 Å². The Hall–Kier alpha value is -2.75. The van der Waals surface area contributed by atoms with Gasteiger partial charge in [-0.1, -0.05) is 60.7 Å². The molecule has 0 aromatic heterocycles. The molecule has 0 spiro atoms. The first-order chi connectivity index (χ1) is 16.7. The Morgan fingerprint density at radius 3 is 1.54 bits per heavy atom. The van der Waals surface area contributed by atoms with Gasteiger partial charge in [-0.05, 0) is 59.6 Å². The van der Waals surface area contributed by atoms with Crippen molar-refractivity contribution in [1.29, 1.82) is 0 Å². The number of amides is 1. The third-order valence-electron chi connectivity index (χ3n) is 5.45. The van der Waals surface area contributed by atoms with E-state index in [2.05, 4.69) is 5.32 Å². The fraction of sp³-hybridized carbons (Fsp3) is 0.519. The van der Waals surface area contributed by atoms with E-state index in [9.17, 15) is 31.1 Å². The minimum absolute atomic E-state index is 0.178. The lowest BCUT2D eigenvalue weighted by molar-refractivity contribution is -0.217. The number of benzene rings is 2. The Morgan fingerprint density at radius 2 is 1.16 bits per heavy atom. The van der Waals surface area contributed by atoms with Gasteiger partial charge in [0.25, 0.3) is 0 Å². The van der Waals surface area contributed by atoms with E-state index < -0.39 is 35.1 Å². The molecule has 1 N–H and O–H groups in total. The average molecular weight is 535 g/mol. The van der Waals surface area contributed by atoms with Crippen LogP contribution in [0.4, 0.5) is 31.1 Å². The number of ether oxygens (including phenoxy) is 1. The number of rotatable bonds is 6. The molecule has 0 aliphatic rings. The quantitative estimate of drug-likeness (QED) is 0.383. The second-order valence-electron chi connectivity index (χ2n) is 10.6. The third kappa shape index (κ3) is 10.3. The van der Waals surface area contributed by atoms with Gasteiger partial charge in [0.2, 0.25) is 0 Å². The first-order valence-corrected chi connectivity index (χ1v) is 11.6. The van der Waals surface area contributed by atoms with Crippen molar-refractivity contribution in [2.45, 2.75) is 90.6 Å². The van der Waals surface area contributed by atoms with Crippen LogP contribution in [0, 0.1) is 0 Å². The van der Waals surface area contributed by atoms with Crippen molar-refractivity contribution in [3.8, 4) is 0 Å². The van der Waals surface area contributed by atoms with Crippen molar-refractivity contribution in [1.82, 2.24) is 10.2 Å². The summed E-state index contributed by atoms with van der Waals surface area (Å²) in [5.74, 6) is 0. The van der Waals surface area contributed by atoms with Crippen LogP contribution in [0.1, 0.15) is 59.6 Å². The van der Waals surface area contributed by atoms with E-state index in [1.807, 2.05) is 6.07 Å². The highest BCUT2D eigenvalue weighted by Crippen LogP contribution is 2.37. The molecule has 0 saturated carbocycles. The van der Waals surface area contributed by atoms with Gasteiger partial charge >= 0.3 is 18.4 Å². The van der Waals surface area contributed by atoms with Crippen LogP contribution in [0.5, 0.6) is 0 Å². The van der Waals surface area contributed by atoms with Crippen molar-refractivity contribution in [2.24, 2.45) is 0 Å². The summed E-state index contributed by atoms with van der Waals surface area (Å²) in [4.78, 5) is 13.0.